The lowest BCUT2D eigenvalue weighted by molar-refractivity contribution is 0.000322. The van der Waals surface area contributed by atoms with E-state index in [1.807, 2.05) is 14.0 Å². The molecule has 0 radical (unpaired) electrons. The number of rotatable bonds is 6. The number of benzene rings is 2. The smallest absolute Gasteiger partial charge is 0.319 e. The van der Waals surface area contributed by atoms with Crippen molar-refractivity contribution in [2.24, 2.45) is 11.3 Å². The van der Waals surface area contributed by atoms with Crippen molar-refractivity contribution in [1.29, 1.82) is 5.26 Å². The Balaban J connectivity index is 1.38. The summed E-state index contributed by atoms with van der Waals surface area (Å²) in [6.45, 7) is 4.41. The van der Waals surface area contributed by atoms with Gasteiger partial charge >= 0.3 is 6.01 Å². The third kappa shape index (κ3) is 4.82. The molecule has 0 spiro atoms. The first-order valence-corrected chi connectivity index (χ1v) is 15.8. The number of hydrogen-bond donors (Lipinski definition) is 2. The fourth-order valence-electron chi connectivity index (χ4n) is 7.37. The van der Waals surface area contributed by atoms with Gasteiger partial charge in [0.15, 0.2) is 5.82 Å². The molecule has 12 heteroatoms. The maximum atomic E-state index is 16.7. The minimum Gasteiger partial charge on any atom is -0.463 e. The molecule has 4 atom stereocenters. The molecule has 0 saturated carbocycles. The summed E-state index contributed by atoms with van der Waals surface area (Å²) < 4.78 is 53.8. The molecule has 3 saturated heterocycles. The number of alkyl halides is 1. The zero-order chi connectivity index (χ0) is 30.7. The van der Waals surface area contributed by atoms with Crippen LogP contribution in [0.3, 0.4) is 0 Å². The molecule has 2 aromatic heterocycles. The van der Waals surface area contributed by atoms with Crippen LogP contribution in [0.25, 0.3) is 32.1 Å². The highest BCUT2D eigenvalue weighted by atomic mass is 32.1. The minimum absolute atomic E-state index is 0.0300. The van der Waals surface area contributed by atoms with Crippen molar-refractivity contribution in [1.82, 2.24) is 20.2 Å². The maximum absolute atomic E-state index is 16.7. The number of nitriles is 1. The van der Waals surface area contributed by atoms with Crippen LogP contribution < -0.4 is 20.7 Å². The molecular weight excluding hydrogens is 587 g/mol. The van der Waals surface area contributed by atoms with E-state index in [9.17, 15) is 9.65 Å². The Hall–Kier alpha value is -3.66. The van der Waals surface area contributed by atoms with E-state index >= 15 is 8.78 Å². The second-order valence-corrected chi connectivity index (χ2v) is 13.9. The van der Waals surface area contributed by atoms with E-state index in [2.05, 4.69) is 26.2 Å². The molecule has 0 amide bonds. The monoisotopic (exact) mass is 621 g/mol. The van der Waals surface area contributed by atoms with Crippen LogP contribution in [0.2, 0.25) is 0 Å². The van der Waals surface area contributed by atoms with Gasteiger partial charge in [-0.25, -0.2) is 8.78 Å². The van der Waals surface area contributed by atoms with E-state index in [4.69, 9.17) is 15.5 Å². The van der Waals surface area contributed by atoms with Crippen LogP contribution in [0.1, 0.15) is 31.7 Å². The first-order valence-electron chi connectivity index (χ1n) is 15.0. The van der Waals surface area contributed by atoms with Gasteiger partial charge in [0.2, 0.25) is 0 Å². The number of nitrogens with zero attached hydrogens (tertiary/aromatic N) is 5. The van der Waals surface area contributed by atoms with Gasteiger partial charge in [0.25, 0.3) is 0 Å². The second kappa shape index (κ2) is 11.1. The van der Waals surface area contributed by atoms with Crippen molar-refractivity contribution in [3.8, 4) is 23.2 Å². The van der Waals surface area contributed by atoms with Crippen molar-refractivity contribution in [3.63, 3.8) is 0 Å². The molecule has 3 aliphatic heterocycles. The predicted molar refractivity (Wildman–Crippen MR) is 167 cm³/mol. The Morgan fingerprint density at radius 3 is 2.70 bits per heavy atom. The lowest BCUT2D eigenvalue weighted by atomic mass is 9.73. The highest BCUT2D eigenvalue weighted by molar-refractivity contribution is 7.23. The molecule has 3 N–H and O–H groups in total. The van der Waals surface area contributed by atoms with Crippen molar-refractivity contribution in [2.75, 3.05) is 57.1 Å². The molecule has 3 aliphatic rings. The number of nitrogens with two attached hydrogens (primary N) is 1. The van der Waals surface area contributed by atoms with E-state index in [1.54, 1.807) is 18.2 Å². The molecule has 44 heavy (non-hydrogen) atoms. The predicted octanol–water partition coefficient (Wildman–Crippen LogP) is 5.49. The van der Waals surface area contributed by atoms with Crippen LogP contribution in [-0.4, -0.2) is 73.5 Å². The number of piperazine rings is 1. The molecule has 0 unspecified atom stereocenters. The van der Waals surface area contributed by atoms with Gasteiger partial charge in [-0.05, 0) is 56.5 Å². The number of halogens is 3. The third-order valence-electron chi connectivity index (χ3n) is 9.68. The fraction of sp³-hybridized carbons (Fsp3) is 0.469. The Bertz CT molecular complexity index is 1800. The van der Waals surface area contributed by atoms with Crippen molar-refractivity contribution in [3.05, 3.63) is 41.5 Å². The summed E-state index contributed by atoms with van der Waals surface area (Å²) in [5.74, 6) is -1.42. The van der Waals surface area contributed by atoms with Gasteiger partial charge in [-0.1, -0.05) is 19.1 Å². The molecule has 4 aromatic rings. The molecule has 5 heterocycles. The van der Waals surface area contributed by atoms with Crippen molar-refractivity contribution >= 4 is 43.1 Å². The summed E-state index contributed by atoms with van der Waals surface area (Å²) in [6, 6.07) is 8.92. The second-order valence-electron chi connectivity index (χ2n) is 12.8. The van der Waals surface area contributed by atoms with Gasteiger partial charge in [-0.3, -0.25) is 4.39 Å². The molecule has 8 nitrogen and oxygen atoms in total. The molecule has 0 aliphatic carbocycles. The zero-order valence-corrected chi connectivity index (χ0v) is 25.5. The average Bonchev–Trinajstić information content (AvgIpc) is 3.52. The van der Waals surface area contributed by atoms with Crippen LogP contribution in [0.15, 0.2) is 24.3 Å². The number of likely N-dealkylation sites (tertiary alicyclic amines) is 1. The molecule has 2 aromatic carbocycles. The van der Waals surface area contributed by atoms with E-state index < -0.39 is 23.7 Å². The quantitative estimate of drug-likeness (QED) is 0.292. The van der Waals surface area contributed by atoms with E-state index in [-0.39, 0.29) is 58.2 Å². The van der Waals surface area contributed by atoms with E-state index in [1.165, 1.54) is 17.4 Å². The van der Waals surface area contributed by atoms with E-state index in [0.29, 0.717) is 47.0 Å². The van der Waals surface area contributed by atoms with Gasteiger partial charge < -0.3 is 25.6 Å². The number of aromatic nitrogens is 2. The first-order chi connectivity index (χ1) is 21.2. The molecule has 2 bridgehead atoms. The maximum Gasteiger partial charge on any atom is 0.319 e. The molecule has 7 rings (SSSR count). The van der Waals surface area contributed by atoms with Crippen molar-refractivity contribution in [2.45, 2.75) is 38.3 Å². The largest absolute Gasteiger partial charge is 0.463 e. The number of anilines is 2. The number of fused-ring (bicyclic) bond motifs is 4. The zero-order valence-electron chi connectivity index (χ0n) is 24.7. The first kappa shape index (κ1) is 29.1. The van der Waals surface area contributed by atoms with Crippen LogP contribution >= 0.6 is 11.3 Å². The summed E-state index contributed by atoms with van der Waals surface area (Å²) in [6.07, 6.45) is 2.75. The van der Waals surface area contributed by atoms with Crippen LogP contribution in [0.5, 0.6) is 6.01 Å². The third-order valence-corrected chi connectivity index (χ3v) is 10.7. The minimum atomic E-state index is -0.863. The molecular formula is C32H34F3N7OS. The molecule has 3 fully saturated rings. The lowest BCUT2D eigenvalue weighted by Crippen LogP contribution is -2.51. The number of ether oxygens (including phenoxy) is 1. The van der Waals surface area contributed by atoms with Gasteiger partial charge in [-0.15, -0.1) is 11.3 Å². The number of nitrogen functional groups attached to an aromatic ring is 1. The summed E-state index contributed by atoms with van der Waals surface area (Å²) in [5.41, 5.74) is 5.67. The van der Waals surface area contributed by atoms with Gasteiger partial charge in [-0.2, -0.15) is 15.2 Å². The van der Waals surface area contributed by atoms with Gasteiger partial charge in [0.1, 0.15) is 28.2 Å². The topological polar surface area (TPSA) is 103 Å². The van der Waals surface area contributed by atoms with E-state index in [0.717, 1.165) is 19.4 Å². The Morgan fingerprint density at radius 2 is 1.98 bits per heavy atom. The van der Waals surface area contributed by atoms with Gasteiger partial charge in [0, 0.05) is 52.6 Å². The van der Waals surface area contributed by atoms with Crippen LogP contribution in [0.4, 0.5) is 24.0 Å². The standard InChI is InChI=1S/C32H34F3N7OS/c1-32(15-41(2)9-8-17(32)11-33)16-43-31-39-28-21(30(40-31)42-13-18-6-7-19(14-42)38-18)10-23(34)26(27(28)35)20-4-3-5-24-25(20)22(12-36)29(37)44-24/h3-5,10,17-19,38H,6-9,11,13-16,37H2,1-2H3/t17-,18-,19+,32+/m1/s1. The van der Waals surface area contributed by atoms with Crippen LogP contribution in [-0.2, 0) is 0 Å². The highest BCUT2D eigenvalue weighted by Gasteiger charge is 2.40. The highest BCUT2D eigenvalue weighted by Crippen LogP contribution is 2.43. The Labute approximate surface area is 257 Å². The SMILES string of the molecule is CN1CC[C@H](CF)[C@](C)(COc2nc(N3C[C@H]4CC[C@@H](C3)N4)c3cc(F)c(-c4cccc5sc(N)c(C#N)c45)c(F)c3n2)C1. The Kier molecular flexibility index (Phi) is 7.30. The number of piperidine rings is 1. The number of hydrogen-bond acceptors (Lipinski definition) is 9. The number of nitrogens with one attached hydrogen (secondary N) is 1. The number of thiophene rings is 1. The van der Waals surface area contributed by atoms with Crippen LogP contribution in [0, 0.1) is 34.3 Å². The lowest BCUT2D eigenvalue weighted by Gasteiger charge is -2.43. The van der Waals surface area contributed by atoms with Crippen molar-refractivity contribution < 1.29 is 17.9 Å². The summed E-state index contributed by atoms with van der Waals surface area (Å²) in [4.78, 5) is 13.5. The summed E-state index contributed by atoms with van der Waals surface area (Å²) in [7, 11) is 2.00. The summed E-state index contributed by atoms with van der Waals surface area (Å²) in [5, 5.41) is 14.3. The summed E-state index contributed by atoms with van der Waals surface area (Å²) >= 11 is 1.20. The fourth-order valence-corrected chi connectivity index (χ4v) is 8.32. The average molecular weight is 622 g/mol. The van der Waals surface area contributed by atoms with Gasteiger partial charge in [0.05, 0.1) is 24.4 Å². The normalized spacial score (nSPS) is 25.5. The Morgan fingerprint density at radius 1 is 1.20 bits per heavy atom. The molecule has 230 valence electrons.